The Labute approximate surface area is 158 Å². The van der Waals surface area contributed by atoms with E-state index in [2.05, 4.69) is 4.72 Å². The molecule has 0 aliphatic rings. The Morgan fingerprint density at radius 2 is 1.46 bits per heavy atom. The smallest absolute Gasteiger partial charge is 0.269 e. The highest BCUT2D eigenvalue weighted by Gasteiger charge is 2.19. The SMILES string of the molecule is O=[N+]([O-])c1ccc(Oc2ccc(NS(=O)(=O)c3ccc(F)cc3F)cc2)cc1. The van der Waals surface area contributed by atoms with Crippen molar-refractivity contribution in [1.82, 2.24) is 0 Å². The predicted octanol–water partition coefficient (Wildman–Crippen LogP) is 4.47. The van der Waals surface area contributed by atoms with Crippen molar-refractivity contribution in [2.75, 3.05) is 4.72 Å². The minimum atomic E-state index is -4.24. The van der Waals surface area contributed by atoms with Crippen LogP contribution in [0.1, 0.15) is 0 Å². The van der Waals surface area contributed by atoms with E-state index in [-0.39, 0.29) is 11.4 Å². The number of halogens is 2. The van der Waals surface area contributed by atoms with E-state index in [1.54, 1.807) is 0 Å². The van der Waals surface area contributed by atoms with Gasteiger partial charge >= 0.3 is 0 Å². The third-order valence-corrected chi connectivity index (χ3v) is 4.99. The molecule has 0 aliphatic carbocycles. The summed E-state index contributed by atoms with van der Waals surface area (Å²) in [5, 5.41) is 10.6. The van der Waals surface area contributed by atoms with Gasteiger partial charge in [0.1, 0.15) is 28.0 Å². The lowest BCUT2D eigenvalue weighted by atomic mass is 10.3. The van der Waals surface area contributed by atoms with Crippen molar-refractivity contribution in [3.8, 4) is 11.5 Å². The highest BCUT2D eigenvalue weighted by atomic mass is 32.2. The van der Waals surface area contributed by atoms with Crippen molar-refractivity contribution in [3.05, 3.63) is 88.5 Å². The van der Waals surface area contributed by atoms with Crippen LogP contribution in [-0.4, -0.2) is 13.3 Å². The normalized spacial score (nSPS) is 11.1. The van der Waals surface area contributed by atoms with Gasteiger partial charge in [-0.05, 0) is 48.5 Å². The van der Waals surface area contributed by atoms with Crippen LogP contribution in [0.5, 0.6) is 11.5 Å². The minimum Gasteiger partial charge on any atom is -0.457 e. The van der Waals surface area contributed by atoms with Gasteiger partial charge in [-0.2, -0.15) is 0 Å². The Kier molecular flexibility index (Phi) is 5.23. The van der Waals surface area contributed by atoms with Crippen molar-refractivity contribution in [3.63, 3.8) is 0 Å². The first-order chi connectivity index (χ1) is 13.2. The van der Waals surface area contributed by atoms with Crippen LogP contribution in [0.15, 0.2) is 71.6 Å². The first-order valence-electron chi connectivity index (χ1n) is 7.75. The maximum atomic E-state index is 13.7. The second kappa shape index (κ2) is 7.61. The van der Waals surface area contributed by atoms with Crippen LogP contribution in [-0.2, 0) is 10.0 Å². The Balaban J connectivity index is 1.72. The van der Waals surface area contributed by atoms with Crippen molar-refractivity contribution < 1.29 is 26.9 Å². The Hall–Kier alpha value is -3.53. The Morgan fingerprint density at radius 1 is 0.893 bits per heavy atom. The Bertz CT molecular complexity index is 1120. The van der Waals surface area contributed by atoms with Crippen LogP contribution >= 0.6 is 0 Å². The fourth-order valence-corrected chi connectivity index (χ4v) is 3.39. The summed E-state index contributed by atoms with van der Waals surface area (Å²) in [5.74, 6) is -1.38. The molecule has 3 aromatic carbocycles. The maximum Gasteiger partial charge on any atom is 0.269 e. The molecule has 1 N–H and O–H groups in total. The zero-order valence-electron chi connectivity index (χ0n) is 14.0. The van der Waals surface area contributed by atoms with Gasteiger partial charge in [0.2, 0.25) is 0 Å². The number of nitrogens with one attached hydrogen (secondary N) is 1. The molecule has 0 atom stereocenters. The second-order valence-electron chi connectivity index (χ2n) is 5.56. The summed E-state index contributed by atoms with van der Waals surface area (Å²) in [6, 6.07) is 13.3. The van der Waals surface area contributed by atoms with E-state index in [9.17, 15) is 27.3 Å². The second-order valence-corrected chi connectivity index (χ2v) is 7.21. The third kappa shape index (κ3) is 4.41. The predicted molar refractivity (Wildman–Crippen MR) is 96.8 cm³/mol. The van der Waals surface area contributed by atoms with Crippen molar-refractivity contribution >= 4 is 21.4 Å². The lowest BCUT2D eigenvalue weighted by Crippen LogP contribution is -2.14. The molecule has 0 amide bonds. The van der Waals surface area contributed by atoms with Crippen LogP contribution in [0.4, 0.5) is 20.2 Å². The summed E-state index contributed by atoms with van der Waals surface area (Å²) in [6.45, 7) is 0. The minimum absolute atomic E-state index is 0.0786. The Morgan fingerprint density at radius 3 is 2.00 bits per heavy atom. The molecule has 0 aromatic heterocycles. The van der Waals surface area contributed by atoms with Gasteiger partial charge in [0.15, 0.2) is 0 Å². The quantitative estimate of drug-likeness (QED) is 0.481. The van der Waals surface area contributed by atoms with Crippen LogP contribution < -0.4 is 9.46 Å². The number of hydrogen-bond acceptors (Lipinski definition) is 5. The molecule has 0 heterocycles. The molecule has 0 saturated heterocycles. The van der Waals surface area contributed by atoms with Gasteiger partial charge < -0.3 is 4.74 Å². The number of nitro benzene ring substituents is 1. The summed E-state index contributed by atoms with van der Waals surface area (Å²) >= 11 is 0. The molecule has 0 bridgehead atoms. The molecule has 0 aliphatic heterocycles. The van der Waals surface area contributed by atoms with Crippen LogP contribution in [0.25, 0.3) is 0 Å². The zero-order valence-corrected chi connectivity index (χ0v) is 14.8. The van der Waals surface area contributed by atoms with Crippen molar-refractivity contribution in [2.45, 2.75) is 4.90 Å². The summed E-state index contributed by atoms with van der Waals surface area (Å²) in [6.07, 6.45) is 0. The topological polar surface area (TPSA) is 98.5 Å². The summed E-state index contributed by atoms with van der Waals surface area (Å²) in [5.41, 5.74) is 0.0601. The van der Waals surface area contributed by atoms with Gasteiger partial charge in [0, 0.05) is 23.9 Å². The van der Waals surface area contributed by atoms with Gasteiger partial charge in [-0.15, -0.1) is 0 Å². The molecular weight excluding hydrogens is 394 g/mol. The van der Waals surface area contributed by atoms with E-state index >= 15 is 0 Å². The van der Waals surface area contributed by atoms with Gasteiger partial charge in [-0.3, -0.25) is 14.8 Å². The number of non-ortho nitro benzene ring substituents is 1. The number of benzene rings is 3. The summed E-state index contributed by atoms with van der Waals surface area (Å²) in [7, 11) is -4.24. The molecule has 0 spiro atoms. The van der Waals surface area contributed by atoms with E-state index in [0.29, 0.717) is 17.6 Å². The highest BCUT2D eigenvalue weighted by molar-refractivity contribution is 7.92. The van der Waals surface area contributed by atoms with Gasteiger partial charge in [0.05, 0.1) is 4.92 Å². The van der Waals surface area contributed by atoms with Crippen molar-refractivity contribution in [2.24, 2.45) is 0 Å². The molecule has 3 rings (SSSR count). The van der Waals surface area contributed by atoms with Crippen LogP contribution in [0.3, 0.4) is 0 Å². The summed E-state index contributed by atoms with van der Waals surface area (Å²) in [4.78, 5) is 9.42. The molecule has 0 radical (unpaired) electrons. The monoisotopic (exact) mass is 406 g/mol. The standard InChI is InChI=1S/C18H12F2N2O5S/c19-12-1-10-18(17(20)11-12)28(25,26)21-13-2-6-15(7-3-13)27-16-8-4-14(5-9-16)22(23)24/h1-11,21H. The van der Waals surface area contributed by atoms with E-state index in [4.69, 9.17) is 4.74 Å². The van der Waals surface area contributed by atoms with Gasteiger partial charge in [0.25, 0.3) is 15.7 Å². The fourth-order valence-electron chi connectivity index (χ4n) is 2.27. The zero-order chi connectivity index (χ0) is 20.3. The van der Waals surface area contributed by atoms with E-state index in [1.807, 2.05) is 0 Å². The van der Waals surface area contributed by atoms with E-state index in [0.717, 1.165) is 12.1 Å². The lowest BCUT2D eigenvalue weighted by molar-refractivity contribution is -0.384. The van der Waals surface area contributed by atoms with E-state index in [1.165, 1.54) is 48.5 Å². The average Bonchev–Trinajstić information content (AvgIpc) is 2.63. The molecular formula is C18H12F2N2O5S. The summed E-state index contributed by atoms with van der Waals surface area (Å²) < 4.78 is 58.8. The largest absolute Gasteiger partial charge is 0.457 e. The number of hydrogen-bond donors (Lipinski definition) is 1. The molecule has 10 heteroatoms. The average molecular weight is 406 g/mol. The number of rotatable bonds is 6. The first kappa shape index (κ1) is 19.2. The van der Waals surface area contributed by atoms with Crippen LogP contribution in [0, 0.1) is 21.7 Å². The third-order valence-electron chi connectivity index (χ3n) is 3.57. The molecule has 0 unspecified atom stereocenters. The van der Waals surface area contributed by atoms with Crippen molar-refractivity contribution in [1.29, 1.82) is 0 Å². The number of anilines is 1. The van der Waals surface area contributed by atoms with Gasteiger partial charge in [-0.25, -0.2) is 17.2 Å². The number of nitro groups is 1. The molecule has 0 saturated carbocycles. The number of nitrogens with zero attached hydrogens (tertiary/aromatic N) is 1. The molecule has 7 nitrogen and oxygen atoms in total. The number of ether oxygens (including phenoxy) is 1. The first-order valence-corrected chi connectivity index (χ1v) is 9.23. The van der Waals surface area contributed by atoms with Crippen LogP contribution in [0.2, 0.25) is 0 Å². The molecule has 3 aromatic rings. The molecule has 144 valence electrons. The molecule has 0 fully saturated rings. The maximum absolute atomic E-state index is 13.7. The number of sulfonamides is 1. The highest BCUT2D eigenvalue weighted by Crippen LogP contribution is 2.26. The van der Waals surface area contributed by atoms with E-state index < -0.39 is 31.5 Å². The molecule has 28 heavy (non-hydrogen) atoms. The van der Waals surface area contributed by atoms with Gasteiger partial charge in [-0.1, -0.05) is 0 Å². The fraction of sp³-hybridized carbons (Fsp3) is 0. The lowest BCUT2D eigenvalue weighted by Gasteiger charge is -2.10.